The highest BCUT2D eigenvalue weighted by molar-refractivity contribution is 5.91. The molecule has 0 saturated carbocycles. The maximum absolute atomic E-state index is 14.9. The number of hydrogen-bond acceptors (Lipinski definition) is 4. The van der Waals surface area contributed by atoms with Gasteiger partial charge in [0.2, 0.25) is 0 Å². The van der Waals surface area contributed by atoms with Crippen molar-refractivity contribution in [1.82, 2.24) is 24.1 Å². The molecule has 0 radical (unpaired) electrons. The number of benzene rings is 2. The Morgan fingerprint density at radius 3 is 2.38 bits per heavy atom. The molecule has 1 N–H and O–H groups in total. The molecule has 0 amide bonds. The lowest BCUT2D eigenvalue weighted by Gasteiger charge is -2.12. The molecule has 0 unspecified atom stereocenters. The molecular weight excluding hydrogens is 434 g/mol. The van der Waals surface area contributed by atoms with Gasteiger partial charge in [-0.2, -0.15) is 0 Å². The van der Waals surface area contributed by atoms with E-state index in [9.17, 15) is 8.78 Å². The molecule has 0 saturated heterocycles. The van der Waals surface area contributed by atoms with Gasteiger partial charge >= 0.3 is 0 Å². The normalized spacial score (nSPS) is 11.5. The number of aromatic nitrogens is 5. The van der Waals surface area contributed by atoms with Crippen molar-refractivity contribution in [2.24, 2.45) is 7.05 Å². The van der Waals surface area contributed by atoms with Gasteiger partial charge in [-0.05, 0) is 61.4 Å². The monoisotopic (exact) mass is 458 g/mol. The molecule has 5 rings (SSSR count). The SMILES string of the molecule is Cc1cn(-c2ccc(Nc3nc(C(C)C)cc4c3nc(-c3ccc(F)cc3)n4C)cc2F)cn1. The average Bonchev–Trinajstić information content (AvgIpc) is 3.38. The summed E-state index contributed by atoms with van der Waals surface area (Å²) in [4.78, 5) is 13.8. The van der Waals surface area contributed by atoms with Gasteiger partial charge in [0.05, 0.1) is 23.2 Å². The van der Waals surface area contributed by atoms with Crippen LogP contribution in [-0.4, -0.2) is 24.1 Å². The van der Waals surface area contributed by atoms with Crippen LogP contribution in [-0.2, 0) is 7.05 Å². The molecule has 3 heterocycles. The van der Waals surface area contributed by atoms with Crippen LogP contribution >= 0.6 is 0 Å². The Morgan fingerprint density at radius 2 is 1.74 bits per heavy atom. The van der Waals surface area contributed by atoms with E-state index < -0.39 is 0 Å². The number of hydrogen-bond donors (Lipinski definition) is 1. The maximum atomic E-state index is 14.9. The Kier molecular flexibility index (Phi) is 5.36. The first-order valence-electron chi connectivity index (χ1n) is 11.0. The number of anilines is 2. The fourth-order valence-electron chi connectivity index (χ4n) is 3.93. The quantitative estimate of drug-likeness (QED) is 0.337. The highest BCUT2D eigenvalue weighted by atomic mass is 19.1. The number of nitrogens with one attached hydrogen (secondary N) is 1. The van der Waals surface area contributed by atoms with E-state index in [-0.39, 0.29) is 17.6 Å². The molecule has 5 aromatic rings. The second kappa shape index (κ2) is 8.37. The molecule has 0 spiro atoms. The van der Waals surface area contributed by atoms with Crippen molar-refractivity contribution in [3.63, 3.8) is 0 Å². The first-order chi connectivity index (χ1) is 16.3. The zero-order valence-electron chi connectivity index (χ0n) is 19.3. The van der Waals surface area contributed by atoms with Crippen molar-refractivity contribution >= 4 is 22.5 Å². The average molecular weight is 459 g/mol. The van der Waals surface area contributed by atoms with Gasteiger partial charge in [0.25, 0.3) is 0 Å². The van der Waals surface area contributed by atoms with E-state index >= 15 is 0 Å². The summed E-state index contributed by atoms with van der Waals surface area (Å²) in [6.07, 6.45) is 3.36. The lowest BCUT2D eigenvalue weighted by molar-refractivity contribution is 0.618. The number of fused-ring (bicyclic) bond motifs is 1. The number of rotatable bonds is 5. The van der Waals surface area contributed by atoms with E-state index in [0.717, 1.165) is 22.5 Å². The largest absolute Gasteiger partial charge is 0.338 e. The van der Waals surface area contributed by atoms with Crippen LogP contribution in [0, 0.1) is 18.6 Å². The molecule has 0 bridgehead atoms. The van der Waals surface area contributed by atoms with Crippen LogP contribution in [0.25, 0.3) is 28.1 Å². The number of imidazole rings is 2. The van der Waals surface area contributed by atoms with E-state index in [0.29, 0.717) is 28.5 Å². The molecular formula is C26H24F2N6. The third kappa shape index (κ3) is 3.91. The van der Waals surface area contributed by atoms with E-state index in [2.05, 4.69) is 24.1 Å². The zero-order chi connectivity index (χ0) is 24.0. The topological polar surface area (TPSA) is 60.6 Å². The minimum absolute atomic E-state index is 0.178. The third-order valence-corrected chi connectivity index (χ3v) is 5.78. The van der Waals surface area contributed by atoms with Gasteiger partial charge in [-0.3, -0.25) is 0 Å². The Morgan fingerprint density at radius 1 is 0.971 bits per heavy atom. The standard InChI is InChI=1S/C26H24F2N6/c1-15(2)21-12-23-24(32-26(33(23)4)17-5-7-18(27)8-6-17)25(31-21)30-19-9-10-22(20(28)11-19)34-13-16(3)29-14-34/h5-15H,1-4H3,(H,30,31). The summed E-state index contributed by atoms with van der Waals surface area (Å²) in [5.74, 6) is 0.725. The van der Waals surface area contributed by atoms with Gasteiger partial charge in [-0.1, -0.05) is 13.8 Å². The molecule has 0 atom stereocenters. The van der Waals surface area contributed by atoms with Crippen molar-refractivity contribution in [3.05, 3.63) is 84.1 Å². The highest BCUT2D eigenvalue weighted by Crippen LogP contribution is 2.32. The highest BCUT2D eigenvalue weighted by Gasteiger charge is 2.18. The Balaban J connectivity index is 1.59. The second-order valence-electron chi connectivity index (χ2n) is 8.63. The fourth-order valence-corrected chi connectivity index (χ4v) is 3.93. The Labute approximate surface area is 195 Å². The van der Waals surface area contributed by atoms with E-state index in [4.69, 9.17) is 9.97 Å². The van der Waals surface area contributed by atoms with Crippen molar-refractivity contribution < 1.29 is 8.78 Å². The van der Waals surface area contributed by atoms with Crippen LogP contribution in [0.2, 0.25) is 0 Å². The number of pyridine rings is 1. The van der Waals surface area contributed by atoms with Gasteiger partial charge in [0, 0.05) is 30.2 Å². The lowest BCUT2D eigenvalue weighted by Crippen LogP contribution is -2.02. The summed E-state index contributed by atoms with van der Waals surface area (Å²) < 4.78 is 32.0. The molecule has 0 fully saturated rings. The summed E-state index contributed by atoms with van der Waals surface area (Å²) in [5.41, 5.74) is 4.99. The predicted molar refractivity (Wildman–Crippen MR) is 130 cm³/mol. The Bertz CT molecular complexity index is 1500. The van der Waals surface area contributed by atoms with E-state index in [1.54, 1.807) is 41.4 Å². The van der Waals surface area contributed by atoms with Crippen LogP contribution in [0.1, 0.15) is 31.2 Å². The molecule has 3 aromatic heterocycles. The second-order valence-corrected chi connectivity index (χ2v) is 8.63. The fraction of sp³-hybridized carbons (Fsp3) is 0.192. The molecule has 34 heavy (non-hydrogen) atoms. The lowest BCUT2D eigenvalue weighted by atomic mass is 10.1. The number of aryl methyl sites for hydroxylation is 2. The van der Waals surface area contributed by atoms with Gasteiger partial charge in [0.1, 0.15) is 23.0 Å². The molecule has 0 aliphatic heterocycles. The van der Waals surface area contributed by atoms with Crippen LogP contribution in [0.4, 0.5) is 20.3 Å². The summed E-state index contributed by atoms with van der Waals surface area (Å²) in [5, 5.41) is 3.26. The van der Waals surface area contributed by atoms with Crippen molar-refractivity contribution in [2.45, 2.75) is 26.7 Å². The first-order valence-corrected chi connectivity index (χ1v) is 11.0. The summed E-state index contributed by atoms with van der Waals surface area (Å²) in [6, 6.07) is 13.2. The van der Waals surface area contributed by atoms with Crippen molar-refractivity contribution in [2.75, 3.05) is 5.32 Å². The van der Waals surface area contributed by atoms with Gasteiger partial charge in [-0.15, -0.1) is 0 Å². The van der Waals surface area contributed by atoms with Crippen molar-refractivity contribution in [3.8, 4) is 17.1 Å². The molecule has 0 aliphatic carbocycles. The molecule has 6 nitrogen and oxygen atoms in total. The van der Waals surface area contributed by atoms with Gasteiger partial charge < -0.3 is 14.5 Å². The zero-order valence-corrected chi connectivity index (χ0v) is 19.3. The minimum Gasteiger partial charge on any atom is -0.338 e. The van der Waals surface area contributed by atoms with Crippen LogP contribution < -0.4 is 5.32 Å². The predicted octanol–water partition coefficient (Wildman–Crippen LogP) is 6.27. The van der Waals surface area contributed by atoms with Crippen LogP contribution in [0.3, 0.4) is 0 Å². The van der Waals surface area contributed by atoms with E-state index in [1.165, 1.54) is 18.2 Å². The minimum atomic E-state index is -0.383. The van der Waals surface area contributed by atoms with Crippen LogP contribution in [0.5, 0.6) is 0 Å². The molecule has 0 aliphatic rings. The summed E-state index contributed by atoms with van der Waals surface area (Å²) in [6.45, 7) is 5.99. The van der Waals surface area contributed by atoms with E-state index in [1.807, 2.05) is 24.6 Å². The number of nitrogens with zero attached hydrogens (tertiary/aromatic N) is 5. The smallest absolute Gasteiger partial charge is 0.158 e. The maximum Gasteiger partial charge on any atom is 0.158 e. The van der Waals surface area contributed by atoms with Crippen molar-refractivity contribution in [1.29, 1.82) is 0 Å². The number of halogens is 2. The third-order valence-electron chi connectivity index (χ3n) is 5.78. The van der Waals surface area contributed by atoms with Crippen LogP contribution in [0.15, 0.2) is 61.1 Å². The first kappa shape index (κ1) is 21.8. The summed E-state index contributed by atoms with van der Waals surface area (Å²) in [7, 11) is 1.92. The molecule has 172 valence electrons. The van der Waals surface area contributed by atoms with Gasteiger partial charge in [-0.25, -0.2) is 23.7 Å². The molecule has 2 aromatic carbocycles. The summed E-state index contributed by atoms with van der Waals surface area (Å²) >= 11 is 0. The van der Waals surface area contributed by atoms with Gasteiger partial charge in [0.15, 0.2) is 5.82 Å². The Hall–Kier alpha value is -4.07. The molecule has 8 heteroatoms.